The van der Waals surface area contributed by atoms with E-state index in [0.29, 0.717) is 31.8 Å². The molecule has 2 aliphatic heterocycles. The van der Waals surface area contributed by atoms with Crippen LogP contribution in [0.3, 0.4) is 0 Å². The van der Waals surface area contributed by atoms with Gasteiger partial charge in [0, 0.05) is 22.9 Å². The molecule has 42 heavy (non-hydrogen) atoms. The molecule has 5 aromatic rings. The summed E-state index contributed by atoms with van der Waals surface area (Å²) in [5, 5.41) is 9.83. The number of amides is 2. The SMILES string of the molecule is C=CCN1C(=O)C2(c3ccccc31)c1c(oc3ccc(C)cc3c1=O)C(=O)N2c1nnc(SCc2ccc(Cl)cc2)s1. The van der Waals surface area contributed by atoms with Crippen molar-refractivity contribution in [3.8, 4) is 0 Å². The summed E-state index contributed by atoms with van der Waals surface area (Å²) in [6.07, 6.45) is 1.61. The number of carbonyl (C=O) groups excluding carboxylic acids is 2. The topological polar surface area (TPSA) is 96.6 Å². The van der Waals surface area contributed by atoms with Crippen LogP contribution in [0.5, 0.6) is 0 Å². The second-order valence-corrected chi connectivity index (χ2v) is 12.6. The molecular formula is C31H21ClN4O4S2. The molecule has 0 N–H and O–H groups in total. The first-order valence-corrected chi connectivity index (χ1v) is 15.2. The van der Waals surface area contributed by atoms with Gasteiger partial charge in [0.25, 0.3) is 11.8 Å². The van der Waals surface area contributed by atoms with E-state index in [0.717, 1.165) is 11.1 Å². The zero-order chi connectivity index (χ0) is 29.2. The molecule has 0 saturated carbocycles. The average molecular weight is 613 g/mol. The van der Waals surface area contributed by atoms with Crippen LogP contribution in [0.25, 0.3) is 11.0 Å². The Morgan fingerprint density at radius 1 is 1.07 bits per heavy atom. The van der Waals surface area contributed by atoms with Crippen molar-refractivity contribution >= 4 is 68.3 Å². The number of fused-ring (bicyclic) bond motifs is 5. The summed E-state index contributed by atoms with van der Waals surface area (Å²) in [7, 11) is 0. The number of hydrogen-bond acceptors (Lipinski definition) is 8. The molecule has 4 heterocycles. The second-order valence-electron chi connectivity index (χ2n) is 9.97. The van der Waals surface area contributed by atoms with Gasteiger partial charge in [-0.2, -0.15) is 0 Å². The van der Waals surface area contributed by atoms with E-state index >= 15 is 0 Å². The van der Waals surface area contributed by atoms with E-state index < -0.39 is 22.8 Å². The van der Waals surface area contributed by atoms with Crippen LogP contribution in [0.4, 0.5) is 10.8 Å². The third-order valence-corrected chi connectivity index (χ3v) is 9.82. The van der Waals surface area contributed by atoms with Gasteiger partial charge in [0.15, 0.2) is 15.3 Å². The van der Waals surface area contributed by atoms with Gasteiger partial charge < -0.3 is 9.32 Å². The van der Waals surface area contributed by atoms with Crippen molar-refractivity contribution in [2.24, 2.45) is 0 Å². The highest BCUT2D eigenvalue weighted by atomic mass is 35.5. The number of thioether (sulfide) groups is 1. The van der Waals surface area contributed by atoms with Crippen LogP contribution in [0.2, 0.25) is 5.02 Å². The molecule has 0 saturated heterocycles. The van der Waals surface area contributed by atoms with Gasteiger partial charge in [-0.05, 0) is 42.8 Å². The highest BCUT2D eigenvalue weighted by Gasteiger charge is 2.66. The number of halogens is 1. The first-order chi connectivity index (χ1) is 20.3. The van der Waals surface area contributed by atoms with Crippen molar-refractivity contribution in [2.75, 3.05) is 16.3 Å². The molecule has 7 rings (SSSR count). The monoisotopic (exact) mass is 612 g/mol. The Morgan fingerprint density at radius 3 is 2.64 bits per heavy atom. The van der Waals surface area contributed by atoms with Crippen molar-refractivity contribution in [3.05, 3.63) is 123 Å². The Bertz CT molecular complexity index is 2000. The van der Waals surface area contributed by atoms with Gasteiger partial charge in [0.2, 0.25) is 10.9 Å². The smallest absolute Gasteiger partial charge is 0.297 e. The maximum absolute atomic E-state index is 14.6. The number of rotatable bonds is 6. The molecule has 1 atom stereocenters. The van der Waals surface area contributed by atoms with Crippen LogP contribution in [-0.4, -0.2) is 28.6 Å². The van der Waals surface area contributed by atoms with Crippen molar-refractivity contribution in [1.29, 1.82) is 0 Å². The summed E-state index contributed by atoms with van der Waals surface area (Å²) in [4.78, 5) is 46.0. The quantitative estimate of drug-likeness (QED) is 0.125. The fraction of sp³-hybridized carbons (Fsp3) is 0.129. The lowest BCUT2D eigenvalue weighted by Gasteiger charge is -2.31. The fourth-order valence-electron chi connectivity index (χ4n) is 5.66. The van der Waals surface area contributed by atoms with Crippen molar-refractivity contribution in [1.82, 2.24) is 10.2 Å². The minimum absolute atomic E-state index is 0.0137. The average Bonchev–Trinajstić information content (AvgIpc) is 3.63. The van der Waals surface area contributed by atoms with Crippen LogP contribution in [0.1, 0.15) is 32.8 Å². The molecule has 1 spiro atoms. The first-order valence-electron chi connectivity index (χ1n) is 13.0. The van der Waals surface area contributed by atoms with Crippen LogP contribution in [-0.2, 0) is 16.1 Å². The normalized spacial score (nSPS) is 17.4. The van der Waals surface area contributed by atoms with E-state index in [2.05, 4.69) is 16.8 Å². The minimum Gasteiger partial charge on any atom is -0.450 e. The number of nitrogens with zero attached hydrogens (tertiary/aromatic N) is 4. The van der Waals surface area contributed by atoms with Crippen molar-refractivity contribution < 1.29 is 14.0 Å². The Kier molecular flexibility index (Phi) is 6.30. The van der Waals surface area contributed by atoms with Crippen LogP contribution >= 0.6 is 34.7 Å². The van der Waals surface area contributed by atoms with Gasteiger partial charge in [0.1, 0.15) is 5.58 Å². The maximum Gasteiger partial charge on any atom is 0.297 e. The fourth-order valence-corrected chi connectivity index (χ4v) is 7.64. The van der Waals surface area contributed by atoms with Crippen LogP contribution in [0, 0.1) is 6.92 Å². The Hall–Kier alpha value is -4.25. The molecule has 0 bridgehead atoms. The number of aryl methyl sites for hydroxylation is 1. The number of hydrogen-bond donors (Lipinski definition) is 0. The maximum atomic E-state index is 14.6. The second kappa shape index (κ2) is 9.94. The van der Waals surface area contributed by atoms with Gasteiger partial charge in [-0.3, -0.25) is 19.3 Å². The van der Waals surface area contributed by atoms with E-state index in [9.17, 15) is 14.4 Å². The minimum atomic E-state index is -1.82. The lowest BCUT2D eigenvalue weighted by molar-refractivity contribution is -0.121. The van der Waals surface area contributed by atoms with Gasteiger partial charge in [-0.1, -0.05) is 82.7 Å². The largest absolute Gasteiger partial charge is 0.450 e. The summed E-state index contributed by atoms with van der Waals surface area (Å²) in [5.41, 5.74) is 0.973. The zero-order valence-electron chi connectivity index (χ0n) is 22.2. The van der Waals surface area contributed by atoms with Gasteiger partial charge in [-0.25, -0.2) is 0 Å². The lowest BCUT2D eigenvalue weighted by atomic mass is 9.84. The van der Waals surface area contributed by atoms with E-state index in [1.807, 2.05) is 37.3 Å². The summed E-state index contributed by atoms with van der Waals surface area (Å²) in [5.74, 6) is -0.658. The highest BCUT2D eigenvalue weighted by molar-refractivity contribution is 8.00. The molecule has 1 unspecified atom stereocenters. The van der Waals surface area contributed by atoms with E-state index in [1.54, 1.807) is 42.5 Å². The highest BCUT2D eigenvalue weighted by Crippen LogP contribution is 2.54. The summed E-state index contributed by atoms with van der Waals surface area (Å²) < 4.78 is 6.73. The Balaban J connectivity index is 1.43. The van der Waals surface area contributed by atoms with Gasteiger partial charge in [-0.15, -0.1) is 16.8 Å². The molecule has 0 radical (unpaired) electrons. The van der Waals surface area contributed by atoms with E-state index in [-0.39, 0.29) is 28.6 Å². The number of carbonyl (C=O) groups is 2. The summed E-state index contributed by atoms with van der Waals surface area (Å²) >= 11 is 8.64. The molecule has 3 aromatic carbocycles. The standard InChI is InChI=1S/C31H21ClN4O4S2/c1-3-14-35-22-7-5-4-6-21(22)31(28(35)39)24-25(37)20-15-17(2)8-13-23(20)40-26(24)27(38)36(31)29-33-34-30(42-29)41-16-18-9-11-19(32)12-10-18/h3-13,15H,1,14,16H2,2H3. The van der Waals surface area contributed by atoms with Gasteiger partial charge >= 0.3 is 0 Å². The number of anilines is 2. The first kappa shape index (κ1) is 26.6. The number of aromatic nitrogens is 2. The van der Waals surface area contributed by atoms with E-state index in [1.165, 1.54) is 32.9 Å². The third-order valence-electron chi connectivity index (χ3n) is 7.45. The molecule has 208 valence electrons. The molecule has 2 amide bonds. The Labute approximate surface area is 253 Å². The van der Waals surface area contributed by atoms with Crippen molar-refractivity contribution in [2.45, 2.75) is 22.6 Å². The molecule has 8 nitrogen and oxygen atoms in total. The molecule has 2 aromatic heterocycles. The predicted octanol–water partition coefficient (Wildman–Crippen LogP) is 6.34. The summed E-state index contributed by atoms with van der Waals surface area (Å²) in [6.45, 7) is 5.87. The molecule has 0 aliphatic carbocycles. The van der Waals surface area contributed by atoms with E-state index in [4.69, 9.17) is 16.0 Å². The van der Waals surface area contributed by atoms with Crippen molar-refractivity contribution in [3.63, 3.8) is 0 Å². The van der Waals surface area contributed by atoms with Crippen LogP contribution < -0.4 is 15.2 Å². The third kappa shape index (κ3) is 3.79. The zero-order valence-corrected chi connectivity index (χ0v) is 24.6. The molecule has 2 aliphatic rings. The lowest BCUT2D eigenvalue weighted by Crippen LogP contribution is -2.53. The number of benzene rings is 3. The molecular weight excluding hydrogens is 592 g/mol. The van der Waals surface area contributed by atoms with Gasteiger partial charge in [0.05, 0.1) is 16.6 Å². The molecule has 0 fully saturated rings. The number of para-hydroxylation sites is 1. The Morgan fingerprint density at radius 2 is 1.86 bits per heavy atom. The van der Waals surface area contributed by atoms with Crippen LogP contribution in [0.15, 0.2) is 92.9 Å². The molecule has 11 heteroatoms. The predicted molar refractivity (Wildman–Crippen MR) is 165 cm³/mol. The summed E-state index contributed by atoms with van der Waals surface area (Å²) in [6, 6.07) is 19.8.